The van der Waals surface area contributed by atoms with Crippen LogP contribution in [-0.4, -0.2) is 18.2 Å². The fourth-order valence-corrected chi connectivity index (χ4v) is 1.77. The molecule has 2 atom stereocenters. The Labute approximate surface area is 100 Å². The number of carbonyl (C=O) groups is 1. The van der Waals surface area contributed by atoms with Crippen molar-refractivity contribution in [1.82, 2.24) is 0 Å². The zero-order valence-electron chi connectivity index (χ0n) is 10.2. The first kappa shape index (κ1) is 13.6. The highest BCUT2D eigenvalue weighted by Gasteiger charge is 2.31. The number of hydrogen-bond acceptors (Lipinski definition) is 3. The summed E-state index contributed by atoms with van der Waals surface area (Å²) in [5, 5.41) is 10.1. The van der Waals surface area contributed by atoms with Crippen LogP contribution in [0.25, 0.3) is 0 Å². The van der Waals surface area contributed by atoms with Gasteiger partial charge in [-0.15, -0.1) is 0 Å². The lowest BCUT2D eigenvalue weighted by Crippen LogP contribution is -2.28. The molecule has 1 aromatic carbocycles. The van der Waals surface area contributed by atoms with E-state index in [4.69, 9.17) is 0 Å². The molecule has 0 saturated carbocycles. The van der Waals surface area contributed by atoms with Crippen LogP contribution in [0.15, 0.2) is 24.3 Å². The Hall–Kier alpha value is -1.42. The van der Waals surface area contributed by atoms with Crippen molar-refractivity contribution in [3.8, 4) is 0 Å². The van der Waals surface area contributed by atoms with E-state index < -0.39 is 18.0 Å². The van der Waals surface area contributed by atoms with Gasteiger partial charge in [0.2, 0.25) is 0 Å². The molecule has 0 amide bonds. The summed E-state index contributed by atoms with van der Waals surface area (Å²) in [5.74, 6) is -1.55. The summed E-state index contributed by atoms with van der Waals surface area (Å²) < 4.78 is 17.4. The first-order valence-corrected chi connectivity index (χ1v) is 5.48. The summed E-state index contributed by atoms with van der Waals surface area (Å²) >= 11 is 0. The zero-order chi connectivity index (χ0) is 13.0. The van der Waals surface area contributed by atoms with Crippen LogP contribution in [0.4, 0.5) is 4.39 Å². The van der Waals surface area contributed by atoms with Crippen LogP contribution < -0.4 is 0 Å². The van der Waals surface area contributed by atoms with E-state index in [9.17, 15) is 14.3 Å². The number of carbonyl (C=O) groups excluding carboxylic acids is 1. The van der Waals surface area contributed by atoms with Gasteiger partial charge >= 0.3 is 5.97 Å². The number of aliphatic hydroxyl groups is 1. The van der Waals surface area contributed by atoms with Crippen molar-refractivity contribution in [3.63, 3.8) is 0 Å². The van der Waals surface area contributed by atoms with E-state index in [1.165, 1.54) is 31.4 Å². The number of hydrogen-bond donors (Lipinski definition) is 1. The molecule has 17 heavy (non-hydrogen) atoms. The van der Waals surface area contributed by atoms with Gasteiger partial charge < -0.3 is 9.84 Å². The SMILES string of the molecule is COC(=O)C(C(C)C)C(O)c1ccc(F)cc1. The molecule has 4 heteroatoms. The van der Waals surface area contributed by atoms with Crippen molar-refractivity contribution < 1.29 is 19.0 Å². The molecule has 0 saturated heterocycles. The number of benzene rings is 1. The minimum atomic E-state index is -0.983. The van der Waals surface area contributed by atoms with Crippen LogP contribution in [0.5, 0.6) is 0 Å². The molecule has 0 spiro atoms. The Morgan fingerprint density at radius 1 is 1.29 bits per heavy atom. The smallest absolute Gasteiger partial charge is 0.311 e. The van der Waals surface area contributed by atoms with E-state index in [2.05, 4.69) is 4.74 Å². The Balaban J connectivity index is 2.95. The van der Waals surface area contributed by atoms with Crippen LogP contribution >= 0.6 is 0 Å². The summed E-state index contributed by atoms with van der Waals surface area (Å²) in [5.41, 5.74) is 0.510. The average Bonchev–Trinajstić information content (AvgIpc) is 2.29. The fraction of sp³-hybridized carbons (Fsp3) is 0.462. The molecule has 2 unspecified atom stereocenters. The molecule has 0 aliphatic rings. The van der Waals surface area contributed by atoms with Gasteiger partial charge in [0.1, 0.15) is 5.82 Å². The van der Waals surface area contributed by atoms with Gasteiger partial charge in [-0.25, -0.2) is 4.39 Å². The Morgan fingerprint density at radius 3 is 2.24 bits per heavy atom. The van der Waals surface area contributed by atoms with Crippen molar-refractivity contribution in [3.05, 3.63) is 35.6 Å². The van der Waals surface area contributed by atoms with Gasteiger partial charge in [0, 0.05) is 0 Å². The highest BCUT2D eigenvalue weighted by Crippen LogP contribution is 2.29. The average molecular weight is 240 g/mol. The van der Waals surface area contributed by atoms with Gasteiger partial charge in [-0.2, -0.15) is 0 Å². The molecule has 3 nitrogen and oxygen atoms in total. The number of aliphatic hydroxyl groups excluding tert-OH is 1. The first-order valence-electron chi connectivity index (χ1n) is 5.48. The number of halogens is 1. The van der Waals surface area contributed by atoms with Crippen LogP contribution in [0.3, 0.4) is 0 Å². The Kier molecular flexibility index (Phi) is 4.63. The largest absolute Gasteiger partial charge is 0.469 e. The molecule has 94 valence electrons. The van der Waals surface area contributed by atoms with E-state index in [0.717, 1.165) is 0 Å². The number of ether oxygens (including phenoxy) is 1. The molecular formula is C13H17FO3. The molecule has 0 heterocycles. The predicted molar refractivity (Wildman–Crippen MR) is 61.7 cm³/mol. The standard InChI is InChI=1S/C13H17FO3/c1-8(2)11(13(16)17-3)12(15)9-4-6-10(14)7-5-9/h4-8,11-12,15H,1-3H3. The topological polar surface area (TPSA) is 46.5 Å². The summed E-state index contributed by atoms with van der Waals surface area (Å²) in [6.45, 7) is 3.66. The molecule has 1 rings (SSSR count). The third-order valence-corrected chi connectivity index (χ3v) is 2.74. The summed E-state index contributed by atoms with van der Waals surface area (Å²) in [7, 11) is 1.29. The van der Waals surface area contributed by atoms with Gasteiger partial charge in [-0.1, -0.05) is 26.0 Å². The van der Waals surface area contributed by atoms with Gasteiger partial charge in [0.25, 0.3) is 0 Å². The second-order valence-corrected chi connectivity index (χ2v) is 4.29. The minimum Gasteiger partial charge on any atom is -0.469 e. The van der Waals surface area contributed by atoms with Crippen LogP contribution in [0.1, 0.15) is 25.5 Å². The van der Waals surface area contributed by atoms with E-state index in [1.54, 1.807) is 0 Å². The molecular weight excluding hydrogens is 223 g/mol. The molecule has 0 aromatic heterocycles. The van der Waals surface area contributed by atoms with Crippen LogP contribution in [0, 0.1) is 17.7 Å². The van der Waals surface area contributed by atoms with Crippen LogP contribution in [0.2, 0.25) is 0 Å². The van der Waals surface area contributed by atoms with E-state index in [-0.39, 0.29) is 11.7 Å². The quantitative estimate of drug-likeness (QED) is 0.821. The van der Waals surface area contributed by atoms with E-state index in [0.29, 0.717) is 5.56 Å². The van der Waals surface area contributed by atoms with Crippen molar-refractivity contribution in [2.24, 2.45) is 11.8 Å². The van der Waals surface area contributed by atoms with Crippen molar-refractivity contribution in [1.29, 1.82) is 0 Å². The maximum atomic E-state index is 12.8. The first-order chi connectivity index (χ1) is 7.97. The minimum absolute atomic E-state index is 0.0671. The van der Waals surface area contributed by atoms with E-state index >= 15 is 0 Å². The lowest BCUT2D eigenvalue weighted by molar-refractivity contribution is -0.152. The molecule has 0 aliphatic heterocycles. The highest BCUT2D eigenvalue weighted by molar-refractivity contribution is 5.73. The normalized spacial score (nSPS) is 14.5. The van der Waals surface area contributed by atoms with Gasteiger partial charge in [0.05, 0.1) is 19.1 Å². The fourth-order valence-electron chi connectivity index (χ4n) is 1.77. The highest BCUT2D eigenvalue weighted by atomic mass is 19.1. The van der Waals surface area contributed by atoms with Crippen molar-refractivity contribution in [2.45, 2.75) is 20.0 Å². The van der Waals surface area contributed by atoms with Gasteiger partial charge in [-0.05, 0) is 23.6 Å². The summed E-state index contributed by atoms with van der Waals surface area (Å²) in [6.07, 6.45) is -0.983. The molecule has 0 aliphatic carbocycles. The Bertz CT molecular complexity index is 373. The van der Waals surface area contributed by atoms with Crippen LogP contribution in [-0.2, 0) is 9.53 Å². The molecule has 0 radical (unpaired) electrons. The van der Waals surface area contributed by atoms with Crippen molar-refractivity contribution >= 4 is 5.97 Å². The molecule has 1 aromatic rings. The number of methoxy groups -OCH3 is 1. The van der Waals surface area contributed by atoms with Gasteiger partial charge in [-0.3, -0.25) is 4.79 Å². The lowest BCUT2D eigenvalue weighted by Gasteiger charge is -2.24. The Morgan fingerprint density at radius 2 is 1.82 bits per heavy atom. The number of rotatable bonds is 4. The molecule has 0 bridgehead atoms. The number of esters is 1. The third-order valence-electron chi connectivity index (χ3n) is 2.74. The second-order valence-electron chi connectivity index (χ2n) is 4.29. The van der Waals surface area contributed by atoms with Gasteiger partial charge in [0.15, 0.2) is 0 Å². The maximum Gasteiger partial charge on any atom is 0.311 e. The third kappa shape index (κ3) is 3.27. The predicted octanol–water partition coefficient (Wildman–Crippen LogP) is 2.30. The monoisotopic (exact) mass is 240 g/mol. The van der Waals surface area contributed by atoms with Crippen molar-refractivity contribution in [2.75, 3.05) is 7.11 Å². The lowest BCUT2D eigenvalue weighted by atomic mass is 9.86. The zero-order valence-corrected chi connectivity index (χ0v) is 10.2. The summed E-state index contributed by atoms with van der Waals surface area (Å²) in [4.78, 5) is 11.6. The molecule has 1 N–H and O–H groups in total. The summed E-state index contributed by atoms with van der Waals surface area (Å²) in [6, 6.07) is 5.46. The maximum absolute atomic E-state index is 12.8. The molecule has 0 fully saturated rings. The van der Waals surface area contributed by atoms with E-state index in [1.807, 2.05) is 13.8 Å². The second kappa shape index (κ2) is 5.77.